The quantitative estimate of drug-likeness (QED) is 0.315. The summed E-state index contributed by atoms with van der Waals surface area (Å²) in [6, 6.07) is 20.0. The number of aromatic amines is 1. The van der Waals surface area contributed by atoms with Crippen LogP contribution in [0.5, 0.6) is 0 Å². The first-order valence-corrected chi connectivity index (χ1v) is 9.53. The lowest BCUT2D eigenvalue weighted by Crippen LogP contribution is -2.15. The van der Waals surface area contributed by atoms with Gasteiger partial charge in [-0.15, -0.1) is 0 Å². The summed E-state index contributed by atoms with van der Waals surface area (Å²) in [5.41, 5.74) is 1.04. The van der Waals surface area contributed by atoms with Gasteiger partial charge in [0.15, 0.2) is 0 Å². The van der Waals surface area contributed by atoms with Crippen molar-refractivity contribution < 1.29 is 26.3 Å². The number of nitrogens with one attached hydrogen (secondary N) is 1. The number of hydrogen-bond donors (Lipinski definition) is 1. The molecule has 0 aliphatic heterocycles. The molecule has 0 amide bonds. The summed E-state index contributed by atoms with van der Waals surface area (Å²) in [6.07, 6.45) is -10.2. The SMILES string of the molecule is FC(F)(F)C[C@H](c1ccccc1)c1c(-c2ccccc2)[nH]c2cc(C(F)(F)F)ccc12. The van der Waals surface area contributed by atoms with Crippen molar-refractivity contribution in [1.29, 1.82) is 0 Å². The van der Waals surface area contributed by atoms with E-state index in [9.17, 15) is 26.3 Å². The summed E-state index contributed by atoms with van der Waals surface area (Å²) >= 11 is 0. The molecule has 0 spiro atoms. The summed E-state index contributed by atoms with van der Waals surface area (Å²) in [7, 11) is 0. The van der Waals surface area contributed by atoms with Gasteiger partial charge in [0.2, 0.25) is 0 Å². The highest BCUT2D eigenvalue weighted by atomic mass is 19.4. The first-order valence-electron chi connectivity index (χ1n) is 9.53. The zero-order valence-electron chi connectivity index (χ0n) is 16.1. The Balaban J connectivity index is 2.01. The molecule has 1 atom stereocenters. The molecule has 3 aromatic carbocycles. The molecule has 7 heteroatoms. The molecule has 4 aromatic rings. The number of H-pyrrole nitrogens is 1. The predicted octanol–water partition coefficient (Wildman–Crippen LogP) is 7.94. The van der Waals surface area contributed by atoms with E-state index in [0.717, 1.165) is 12.1 Å². The molecule has 0 saturated carbocycles. The van der Waals surface area contributed by atoms with Gasteiger partial charge >= 0.3 is 12.4 Å². The van der Waals surface area contributed by atoms with Gasteiger partial charge in [-0.05, 0) is 28.8 Å². The molecule has 0 aliphatic carbocycles. The summed E-state index contributed by atoms with van der Waals surface area (Å²) in [5.74, 6) is -1.08. The molecule has 0 fully saturated rings. The summed E-state index contributed by atoms with van der Waals surface area (Å²) in [5, 5.41) is 0.338. The van der Waals surface area contributed by atoms with E-state index in [1.54, 1.807) is 60.7 Å². The van der Waals surface area contributed by atoms with Gasteiger partial charge in [-0.1, -0.05) is 66.7 Å². The minimum atomic E-state index is -4.56. The fourth-order valence-electron chi connectivity index (χ4n) is 3.89. The number of rotatable bonds is 4. The monoisotopic (exact) mass is 433 g/mol. The van der Waals surface area contributed by atoms with E-state index in [-0.39, 0.29) is 5.52 Å². The normalized spacial score (nSPS) is 13.5. The molecule has 160 valence electrons. The first-order chi connectivity index (χ1) is 14.6. The zero-order chi connectivity index (χ0) is 22.2. The van der Waals surface area contributed by atoms with Crippen molar-refractivity contribution in [2.24, 2.45) is 0 Å². The molecule has 0 saturated heterocycles. The van der Waals surface area contributed by atoms with Gasteiger partial charge in [-0.25, -0.2) is 0 Å². The third-order valence-corrected chi connectivity index (χ3v) is 5.21. The van der Waals surface area contributed by atoms with Crippen LogP contribution in [0.3, 0.4) is 0 Å². The van der Waals surface area contributed by atoms with E-state index in [0.29, 0.717) is 27.8 Å². The van der Waals surface area contributed by atoms with E-state index >= 15 is 0 Å². The highest BCUT2D eigenvalue weighted by molar-refractivity contribution is 5.92. The van der Waals surface area contributed by atoms with Crippen molar-refractivity contribution in [3.8, 4) is 11.3 Å². The van der Waals surface area contributed by atoms with Crippen LogP contribution in [0.25, 0.3) is 22.2 Å². The number of benzene rings is 3. The maximum absolute atomic E-state index is 13.6. The van der Waals surface area contributed by atoms with Gasteiger partial charge in [-0.2, -0.15) is 26.3 Å². The van der Waals surface area contributed by atoms with E-state index in [4.69, 9.17) is 0 Å². The van der Waals surface area contributed by atoms with Crippen LogP contribution >= 0.6 is 0 Å². The number of alkyl halides is 6. The van der Waals surface area contributed by atoms with E-state index < -0.39 is 30.3 Å². The number of hydrogen-bond acceptors (Lipinski definition) is 0. The Kier molecular flexibility index (Phi) is 5.29. The minimum Gasteiger partial charge on any atom is -0.354 e. The van der Waals surface area contributed by atoms with Crippen LogP contribution in [0, 0.1) is 0 Å². The van der Waals surface area contributed by atoms with Crippen LogP contribution in [0.4, 0.5) is 26.3 Å². The maximum atomic E-state index is 13.6. The summed E-state index contributed by atoms with van der Waals surface area (Å²) in [6.45, 7) is 0. The highest BCUT2D eigenvalue weighted by Crippen LogP contribution is 2.44. The smallest absolute Gasteiger partial charge is 0.354 e. The topological polar surface area (TPSA) is 15.8 Å². The molecule has 1 nitrogen and oxygen atoms in total. The largest absolute Gasteiger partial charge is 0.416 e. The fourth-order valence-corrected chi connectivity index (χ4v) is 3.89. The Morgan fingerprint density at radius 1 is 0.742 bits per heavy atom. The molecule has 1 N–H and O–H groups in total. The molecule has 1 aromatic heterocycles. The molecule has 1 heterocycles. The predicted molar refractivity (Wildman–Crippen MR) is 108 cm³/mol. The lowest BCUT2D eigenvalue weighted by molar-refractivity contribution is -0.138. The number of fused-ring (bicyclic) bond motifs is 1. The molecular weight excluding hydrogens is 416 g/mol. The standard InChI is InChI=1S/C24H17F6N/c25-23(26,27)14-19(15-7-3-1-4-8-15)21-18-12-11-17(24(28,29)30)13-20(18)31-22(21)16-9-5-2-6-10-16/h1-13,19,31H,14H2/t19-/m1/s1. The summed E-state index contributed by atoms with van der Waals surface area (Å²) < 4.78 is 80.4. The summed E-state index contributed by atoms with van der Waals surface area (Å²) in [4.78, 5) is 2.96. The number of halogens is 6. The lowest BCUT2D eigenvalue weighted by Gasteiger charge is -2.21. The van der Waals surface area contributed by atoms with Gasteiger partial charge in [0, 0.05) is 16.8 Å². The van der Waals surface area contributed by atoms with Crippen molar-refractivity contribution in [1.82, 2.24) is 4.98 Å². The van der Waals surface area contributed by atoms with Crippen molar-refractivity contribution in [2.45, 2.75) is 24.7 Å². The Labute approximate surface area is 174 Å². The zero-order valence-corrected chi connectivity index (χ0v) is 16.1. The third kappa shape index (κ3) is 4.45. The molecule has 0 radical (unpaired) electrons. The second-order valence-electron chi connectivity index (χ2n) is 7.32. The van der Waals surface area contributed by atoms with Crippen molar-refractivity contribution >= 4 is 10.9 Å². The van der Waals surface area contributed by atoms with E-state index in [2.05, 4.69) is 4.98 Å². The molecular formula is C24H17F6N. The van der Waals surface area contributed by atoms with E-state index in [1.807, 2.05) is 0 Å². The van der Waals surface area contributed by atoms with Gasteiger partial charge in [-0.3, -0.25) is 0 Å². The Hall–Kier alpha value is -3.22. The maximum Gasteiger partial charge on any atom is 0.416 e. The molecule has 31 heavy (non-hydrogen) atoms. The molecule has 0 bridgehead atoms. The van der Waals surface area contributed by atoms with Gasteiger partial charge < -0.3 is 4.98 Å². The Morgan fingerprint density at radius 2 is 1.35 bits per heavy atom. The molecule has 4 rings (SSSR count). The van der Waals surface area contributed by atoms with Crippen LogP contribution in [-0.2, 0) is 6.18 Å². The minimum absolute atomic E-state index is 0.145. The first kappa shape index (κ1) is 21.0. The van der Waals surface area contributed by atoms with Crippen LogP contribution in [0.2, 0.25) is 0 Å². The average molecular weight is 433 g/mol. The van der Waals surface area contributed by atoms with Crippen molar-refractivity contribution in [3.05, 3.63) is 95.6 Å². The van der Waals surface area contributed by atoms with Crippen LogP contribution in [-0.4, -0.2) is 11.2 Å². The molecule has 0 unspecified atom stereocenters. The van der Waals surface area contributed by atoms with Crippen LogP contribution < -0.4 is 0 Å². The van der Waals surface area contributed by atoms with Gasteiger partial charge in [0.1, 0.15) is 0 Å². The second kappa shape index (κ2) is 7.80. The van der Waals surface area contributed by atoms with Crippen LogP contribution in [0.15, 0.2) is 78.9 Å². The molecule has 0 aliphatic rings. The van der Waals surface area contributed by atoms with Crippen molar-refractivity contribution in [2.75, 3.05) is 0 Å². The fraction of sp³-hybridized carbons (Fsp3) is 0.167. The van der Waals surface area contributed by atoms with E-state index in [1.165, 1.54) is 6.07 Å². The second-order valence-corrected chi connectivity index (χ2v) is 7.32. The Bertz CT molecular complexity index is 1170. The lowest BCUT2D eigenvalue weighted by atomic mass is 9.85. The van der Waals surface area contributed by atoms with Crippen LogP contribution in [0.1, 0.15) is 29.0 Å². The number of aromatic nitrogens is 1. The average Bonchev–Trinajstić information content (AvgIpc) is 3.11. The van der Waals surface area contributed by atoms with Crippen molar-refractivity contribution in [3.63, 3.8) is 0 Å². The van der Waals surface area contributed by atoms with Gasteiger partial charge in [0.05, 0.1) is 17.7 Å². The Morgan fingerprint density at radius 3 is 1.94 bits per heavy atom. The third-order valence-electron chi connectivity index (χ3n) is 5.21. The van der Waals surface area contributed by atoms with Gasteiger partial charge in [0.25, 0.3) is 0 Å². The highest BCUT2D eigenvalue weighted by Gasteiger charge is 2.37.